The maximum absolute atomic E-state index is 13.7. The van der Waals surface area contributed by atoms with Crippen molar-refractivity contribution >= 4 is 11.6 Å². The van der Waals surface area contributed by atoms with Gasteiger partial charge in [0.05, 0.1) is 11.5 Å². The highest BCUT2D eigenvalue weighted by atomic mass is 35.5. The summed E-state index contributed by atoms with van der Waals surface area (Å²) < 4.78 is 13.7. The molecule has 1 fully saturated rings. The monoisotopic (exact) mass is 223 g/mol. The van der Waals surface area contributed by atoms with Crippen LogP contribution in [0.4, 0.5) is 4.39 Å². The molecule has 0 unspecified atom stereocenters. The van der Waals surface area contributed by atoms with Gasteiger partial charge in [-0.1, -0.05) is 11.6 Å². The second-order valence-electron chi connectivity index (χ2n) is 4.08. The largest absolute Gasteiger partial charge is 0.207 e. The number of hydrogen-bond donors (Lipinski definition) is 0. The molecule has 0 radical (unpaired) electrons. The van der Waals surface area contributed by atoms with Crippen molar-refractivity contribution in [1.29, 1.82) is 5.26 Å². The topological polar surface area (TPSA) is 23.8 Å². The van der Waals surface area contributed by atoms with E-state index in [1.54, 1.807) is 13.0 Å². The molecule has 78 valence electrons. The molecule has 3 heteroatoms. The van der Waals surface area contributed by atoms with Gasteiger partial charge in [0.15, 0.2) is 0 Å². The fraction of sp³-hybridized carbons (Fsp3) is 0.417. The standard InChI is InChI=1S/C12H11ClFN/c1-8-9(13)3-4-10(14)11(8)12(7-15)5-2-6-12/h3-4H,2,5-6H2,1H3. The molecule has 1 aromatic carbocycles. The van der Waals surface area contributed by atoms with Gasteiger partial charge in [-0.25, -0.2) is 4.39 Å². The van der Waals surface area contributed by atoms with Crippen LogP contribution in [-0.4, -0.2) is 0 Å². The quantitative estimate of drug-likeness (QED) is 0.712. The Labute approximate surface area is 93.5 Å². The van der Waals surface area contributed by atoms with Gasteiger partial charge in [0.2, 0.25) is 0 Å². The molecule has 0 atom stereocenters. The summed E-state index contributed by atoms with van der Waals surface area (Å²) in [6, 6.07) is 5.13. The summed E-state index contributed by atoms with van der Waals surface area (Å²) >= 11 is 5.95. The van der Waals surface area contributed by atoms with Gasteiger partial charge in [-0.3, -0.25) is 0 Å². The fourth-order valence-electron chi connectivity index (χ4n) is 2.19. The molecule has 1 aliphatic rings. The number of hydrogen-bond acceptors (Lipinski definition) is 1. The second kappa shape index (κ2) is 3.50. The van der Waals surface area contributed by atoms with Crippen molar-refractivity contribution < 1.29 is 4.39 Å². The molecule has 1 aromatic rings. The minimum absolute atomic E-state index is 0.307. The summed E-state index contributed by atoms with van der Waals surface area (Å²) in [7, 11) is 0. The summed E-state index contributed by atoms with van der Waals surface area (Å²) in [5.41, 5.74) is 0.584. The zero-order valence-corrected chi connectivity index (χ0v) is 9.24. The zero-order chi connectivity index (χ0) is 11.1. The van der Waals surface area contributed by atoms with Gasteiger partial charge in [0.1, 0.15) is 5.82 Å². The van der Waals surface area contributed by atoms with E-state index in [2.05, 4.69) is 6.07 Å². The van der Waals surface area contributed by atoms with Crippen LogP contribution in [-0.2, 0) is 5.41 Å². The lowest BCUT2D eigenvalue weighted by molar-refractivity contribution is 0.311. The molecule has 1 aliphatic carbocycles. The first-order valence-electron chi connectivity index (χ1n) is 4.97. The van der Waals surface area contributed by atoms with Crippen molar-refractivity contribution in [2.45, 2.75) is 31.6 Å². The van der Waals surface area contributed by atoms with E-state index in [1.807, 2.05) is 0 Å². The normalized spacial score (nSPS) is 18.0. The van der Waals surface area contributed by atoms with Crippen molar-refractivity contribution in [3.05, 3.63) is 34.1 Å². The molecule has 1 saturated carbocycles. The Kier molecular flexibility index (Phi) is 2.44. The summed E-state index contributed by atoms with van der Waals surface area (Å²) in [6.07, 6.45) is 2.46. The number of nitrogens with zero attached hydrogens (tertiary/aromatic N) is 1. The number of nitriles is 1. The van der Waals surface area contributed by atoms with E-state index in [9.17, 15) is 4.39 Å². The Morgan fingerprint density at radius 3 is 2.60 bits per heavy atom. The second-order valence-corrected chi connectivity index (χ2v) is 4.48. The Hall–Kier alpha value is -1.07. The molecule has 15 heavy (non-hydrogen) atoms. The van der Waals surface area contributed by atoms with E-state index < -0.39 is 5.41 Å². The maximum Gasteiger partial charge on any atom is 0.128 e. The maximum atomic E-state index is 13.7. The third-order valence-electron chi connectivity index (χ3n) is 3.25. The first-order valence-corrected chi connectivity index (χ1v) is 5.35. The molecular weight excluding hydrogens is 213 g/mol. The first kappa shape index (κ1) is 10.4. The first-order chi connectivity index (χ1) is 7.10. The smallest absolute Gasteiger partial charge is 0.128 e. The van der Waals surface area contributed by atoms with Crippen LogP contribution in [0.2, 0.25) is 5.02 Å². The predicted molar refractivity (Wildman–Crippen MR) is 57.3 cm³/mol. The van der Waals surface area contributed by atoms with Gasteiger partial charge in [0.25, 0.3) is 0 Å². The molecule has 0 aliphatic heterocycles. The lowest BCUT2D eigenvalue weighted by atomic mass is 9.64. The molecule has 1 nitrogen and oxygen atoms in total. The highest BCUT2D eigenvalue weighted by Gasteiger charge is 2.42. The summed E-state index contributed by atoms with van der Waals surface area (Å²) in [4.78, 5) is 0. The van der Waals surface area contributed by atoms with Gasteiger partial charge in [-0.05, 0) is 43.9 Å². The third-order valence-corrected chi connectivity index (χ3v) is 3.66. The molecule has 2 rings (SSSR count). The number of rotatable bonds is 1. The van der Waals surface area contributed by atoms with Crippen LogP contribution in [0.1, 0.15) is 30.4 Å². The molecule has 0 saturated heterocycles. The van der Waals surface area contributed by atoms with Crippen molar-refractivity contribution in [1.82, 2.24) is 0 Å². The zero-order valence-electron chi connectivity index (χ0n) is 8.48. The summed E-state index contributed by atoms with van der Waals surface area (Å²) in [5, 5.41) is 9.71. The molecule has 0 aromatic heterocycles. The predicted octanol–water partition coefficient (Wildman–Crippen LogP) is 3.73. The van der Waals surface area contributed by atoms with Gasteiger partial charge in [-0.2, -0.15) is 5.26 Å². The van der Waals surface area contributed by atoms with E-state index in [-0.39, 0.29) is 5.82 Å². The van der Waals surface area contributed by atoms with Crippen LogP contribution in [0.15, 0.2) is 12.1 Å². The van der Waals surface area contributed by atoms with Crippen molar-refractivity contribution in [3.63, 3.8) is 0 Å². The Morgan fingerprint density at radius 1 is 1.47 bits per heavy atom. The number of benzene rings is 1. The summed E-state index contributed by atoms with van der Waals surface area (Å²) in [5.74, 6) is -0.307. The van der Waals surface area contributed by atoms with Crippen LogP contribution >= 0.6 is 11.6 Å². The van der Waals surface area contributed by atoms with E-state index >= 15 is 0 Å². The molecule has 0 spiro atoms. The highest BCUT2D eigenvalue weighted by Crippen LogP contribution is 2.46. The molecular formula is C12H11ClFN. The van der Waals surface area contributed by atoms with E-state index in [0.717, 1.165) is 19.3 Å². The van der Waals surface area contributed by atoms with Crippen LogP contribution < -0.4 is 0 Å². The number of halogens is 2. The Balaban J connectivity index is 2.62. The average molecular weight is 224 g/mol. The van der Waals surface area contributed by atoms with Crippen LogP contribution in [0.3, 0.4) is 0 Å². The van der Waals surface area contributed by atoms with Gasteiger partial charge >= 0.3 is 0 Å². The van der Waals surface area contributed by atoms with E-state index in [1.165, 1.54) is 6.07 Å². The average Bonchev–Trinajstić information content (AvgIpc) is 2.16. The molecule has 0 bridgehead atoms. The van der Waals surface area contributed by atoms with Gasteiger partial charge in [-0.15, -0.1) is 0 Å². The SMILES string of the molecule is Cc1c(Cl)ccc(F)c1C1(C#N)CCC1. The lowest BCUT2D eigenvalue weighted by Gasteiger charge is -2.37. The minimum Gasteiger partial charge on any atom is -0.207 e. The lowest BCUT2D eigenvalue weighted by Crippen LogP contribution is -2.34. The highest BCUT2D eigenvalue weighted by molar-refractivity contribution is 6.31. The summed E-state index contributed by atoms with van der Waals surface area (Å²) in [6.45, 7) is 1.78. The van der Waals surface area contributed by atoms with Crippen LogP contribution in [0.5, 0.6) is 0 Å². The third kappa shape index (κ3) is 1.42. The Bertz CT molecular complexity index is 444. The van der Waals surface area contributed by atoms with Crippen molar-refractivity contribution in [3.8, 4) is 6.07 Å². The van der Waals surface area contributed by atoms with Crippen molar-refractivity contribution in [2.75, 3.05) is 0 Å². The fourth-order valence-corrected chi connectivity index (χ4v) is 2.35. The minimum atomic E-state index is -0.626. The van der Waals surface area contributed by atoms with E-state index in [4.69, 9.17) is 16.9 Å². The van der Waals surface area contributed by atoms with Crippen molar-refractivity contribution in [2.24, 2.45) is 0 Å². The Morgan fingerprint density at radius 2 is 2.13 bits per heavy atom. The molecule has 0 heterocycles. The van der Waals surface area contributed by atoms with Gasteiger partial charge < -0.3 is 0 Å². The van der Waals surface area contributed by atoms with Crippen LogP contribution in [0.25, 0.3) is 0 Å². The van der Waals surface area contributed by atoms with E-state index in [0.29, 0.717) is 16.1 Å². The van der Waals surface area contributed by atoms with Crippen LogP contribution in [0, 0.1) is 24.1 Å². The molecule has 0 N–H and O–H groups in total. The molecule has 0 amide bonds. The van der Waals surface area contributed by atoms with Gasteiger partial charge in [0, 0.05) is 10.6 Å².